The maximum Gasteiger partial charge on any atom is 0.0991 e. The van der Waals surface area contributed by atoms with E-state index in [9.17, 15) is 10.2 Å². The van der Waals surface area contributed by atoms with Crippen LogP contribution in [0.4, 0.5) is 0 Å². The second kappa shape index (κ2) is 10.9. The van der Waals surface area contributed by atoms with Crippen molar-refractivity contribution < 1.29 is 10.2 Å². The van der Waals surface area contributed by atoms with Crippen LogP contribution < -0.4 is 0 Å². The first kappa shape index (κ1) is 20.4. The van der Waals surface area contributed by atoms with Crippen molar-refractivity contribution >= 4 is 23.5 Å². The number of nitrogens with zero attached hydrogens (tertiary/aromatic N) is 2. The van der Waals surface area contributed by atoms with Gasteiger partial charge in [0.2, 0.25) is 0 Å². The van der Waals surface area contributed by atoms with Crippen LogP contribution in [0.5, 0.6) is 0 Å². The van der Waals surface area contributed by atoms with Gasteiger partial charge < -0.3 is 10.2 Å². The average Bonchev–Trinajstić information content (AvgIpc) is 2.68. The lowest BCUT2D eigenvalue weighted by Gasteiger charge is -2.17. The predicted octanol–water partition coefficient (Wildman–Crippen LogP) is 3.32. The summed E-state index contributed by atoms with van der Waals surface area (Å²) in [5.74, 6) is 2.37. The summed E-state index contributed by atoms with van der Waals surface area (Å²) in [5, 5.41) is 37.7. The zero-order valence-electron chi connectivity index (χ0n) is 14.2. The molecule has 2 aromatic carbocycles. The monoisotopic (exact) mass is 384 g/mol. The van der Waals surface area contributed by atoms with Crippen molar-refractivity contribution in [3.63, 3.8) is 0 Å². The van der Waals surface area contributed by atoms with Gasteiger partial charge in [0, 0.05) is 23.0 Å². The minimum atomic E-state index is -0.771. The molecule has 0 saturated carbocycles. The fourth-order valence-electron chi connectivity index (χ4n) is 2.17. The van der Waals surface area contributed by atoms with Gasteiger partial charge in [0.25, 0.3) is 0 Å². The molecule has 0 aromatic heterocycles. The lowest BCUT2D eigenvalue weighted by Crippen LogP contribution is -2.30. The molecule has 0 aliphatic heterocycles. The molecular weight excluding hydrogens is 364 g/mol. The molecule has 26 heavy (non-hydrogen) atoms. The third-order valence-electron chi connectivity index (χ3n) is 3.72. The third kappa shape index (κ3) is 6.74. The van der Waals surface area contributed by atoms with Crippen molar-refractivity contribution in [2.75, 3.05) is 11.5 Å². The van der Waals surface area contributed by atoms with Crippen LogP contribution >= 0.6 is 23.5 Å². The average molecular weight is 385 g/mol. The number of hydrogen-bond donors (Lipinski definition) is 2. The highest BCUT2D eigenvalue weighted by Gasteiger charge is 2.16. The van der Waals surface area contributed by atoms with Crippen LogP contribution in [0.3, 0.4) is 0 Å². The van der Waals surface area contributed by atoms with E-state index >= 15 is 0 Å². The number of hydrogen-bond acceptors (Lipinski definition) is 6. The normalized spacial score (nSPS) is 12.8. The Morgan fingerprint density at radius 2 is 1.04 bits per heavy atom. The van der Waals surface area contributed by atoms with E-state index in [1.165, 1.54) is 0 Å². The van der Waals surface area contributed by atoms with Crippen LogP contribution in [0.1, 0.15) is 22.3 Å². The number of thioether (sulfide) groups is 2. The van der Waals surface area contributed by atoms with Crippen LogP contribution in [0.15, 0.2) is 48.5 Å². The van der Waals surface area contributed by atoms with Crippen LogP contribution in [0.2, 0.25) is 0 Å². The predicted molar refractivity (Wildman–Crippen MR) is 107 cm³/mol. The highest BCUT2D eigenvalue weighted by atomic mass is 32.2. The van der Waals surface area contributed by atoms with Crippen molar-refractivity contribution in [2.24, 2.45) is 0 Å². The maximum absolute atomic E-state index is 10.1. The number of aliphatic hydroxyl groups is 2. The minimum absolute atomic E-state index is 0.457. The Hall–Kier alpha value is -1.96. The molecule has 2 atom stereocenters. The molecule has 134 valence electrons. The van der Waals surface area contributed by atoms with Gasteiger partial charge in [0.15, 0.2) is 0 Å². The molecule has 2 aromatic rings. The maximum atomic E-state index is 10.1. The van der Waals surface area contributed by atoms with Gasteiger partial charge in [-0.2, -0.15) is 34.0 Å². The summed E-state index contributed by atoms with van der Waals surface area (Å²) in [4.78, 5) is 0. The molecule has 0 aliphatic carbocycles. The van der Waals surface area contributed by atoms with Crippen molar-refractivity contribution in [2.45, 2.75) is 23.7 Å². The third-order valence-corrected chi connectivity index (χ3v) is 5.95. The summed E-state index contributed by atoms with van der Waals surface area (Å²) in [5.41, 5.74) is 3.44. The molecule has 0 spiro atoms. The smallest absolute Gasteiger partial charge is 0.0991 e. The molecular formula is C20H20N2O2S2. The number of nitriles is 2. The van der Waals surface area contributed by atoms with Gasteiger partial charge in [-0.1, -0.05) is 24.3 Å². The van der Waals surface area contributed by atoms with Crippen molar-refractivity contribution in [1.29, 1.82) is 10.5 Å². The number of benzene rings is 2. The fraction of sp³-hybridized carbons (Fsp3) is 0.300. The molecule has 0 bridgehead atoms. The van der Waals surface area contributed by atoms with E-state index in [-0.39, 0.29) is 0 Å². The Balaban J connectivity index is 1.65. The first-order valence-corrected chi connectivity index (χ1v) is 10.4. The van der Waals surface area contributed by atoms with Crippen LogP contribution in [-0.4, -0.2) is 33.9 Å². The van der Waals surface area contributed by atoms with Crippen LogP contribution in [-0.2, 0) is 11.5 Å². The van der Waals surface area contributed by atoms with Gasteiger partial charge >= 0.3 is 0 Å². The molecule has 6 heteroatoms. The SMILES string of the molecule is N#Cc1ccc(CSCC(O)C(O)CSCc2ccc(C#N)cc2)cc1. The van der Waals surface area contributed by atoms with Gasteiger partial charge in [-0.15, -0.1) is 0 Å². The standard InChI is InChI=1S/C20H20N2O2S2/c21-9-15-1-5-17(6-2-15)11-25-13-19(23)20(24)14-26-12-18-7-3-16(10-22)4-8-18/h1-8,19-20,23-24H,11-14H2. The van der Waals surface area contributed by atoms with Crippen molar-refractivity contribution in [3.8, 4) is 12.1 Å². The fourth-order valence-corrected chi connectivity index (χ4v) is 4.19. The van der Waals surface area contributed by atoms with Gasteiger partial charge in [0.1, 0.15) is 0 Å². The molecule has 0 saturated heterocycles. The quantitative estimate of drug-likeness (QED) is 0.689. The summed E-state index contributed by atoms with van der Waals surface area (Å²) < 4.78 is 0. The van der Waals surface area contributed by atoms with E-state index in [4.69, 9.17) is 10.5 Å². The molecule has 0 aliphatic rings. The van der Waals surface area contributed by atoms with E-state index < -0.39 is 12.2 Å². The Labute approximate surface area is 162 Å². The van der Waals surface area contributed by atoms with Crippen molar-refractivity contribution in [1.82, 2.24) is 0 Å². The summed E-state index contributed by atoms with van der Waals surface area (Å²) in [6, 6.07) is 18.9. The first-order chi connectivity index (χ1) is 12.6. The largest absolute Gasteiger partial charge is 0.390 e. The lowest BCUT2D eigenvalue weighted by atomic mass is 10.2. The first-order valence-electron chi connectivity index (χ1n) is 8.12. The molecule has 2 N–H and O–H groups in total. The van der Waals surface area contributed by atoms with E-state index in [1.54, 1.807) is 47.8 Å². The summed E-state index contributed by atoms with van der Waals surface area (Å²) in [6.45, 7) is 0. The van der Waals surface area contributed by atoms with E-state index in [1.807, 2.05) is 24.3 Å². The molecule has 4 nitrogen and oxygen atoms in total. The summed E-state index contributed by atoms with van der Waals surface area (Å²) >= 11 is 3.11. The zero-order chi connectivity index (χ0) is 18.8. The van der Waals surface area contributed by atoms with E-state index in [0.29, 0.717) is 22.6 Å². The molecule has 0 amide bonds. The second-order valence-corrected chi connectivity index (χ2v) is 7.84. The Kier molecular flexibility index (Phi) is 8.53. The molecule has 0 heterocycles. The summed E-state index contributed by atoms with van der Waals surface area (Å²) in [7, 11) is 0. The van der Waals surface area contributed by atoms with E-state index in [0.717, 1.165) is 22.6 Å². The minimum Gasteiger partial charge on any atom is -0.390 e. The van der Waals surface area contributed by atoms with Gasteiger partial charge in [-0.05, 0) is 35.4 Å². The van der Waals surface area contributed by atoms with Crippen LogP contribution in [0.25, 0.3) is 0 Å². The molecule has 2 rings (SSSR count). The highest BCUT2D eigenvalue weighted by Crippen LogP contribution is 2.18. The Morgan fingerprint density at radius 3 is 1.35 bits per heavy atom. The Morgan fingerprint density at radius 1 is 0.692 bits per heavy atom. The Bertz CT molecular complexity index is 697. The van der Waals surface area contributed by atoms with Gasteiger partial charge in [-0.3, -0.25) is 0 Å². The highest BCUT2D eigenvalue weighted by molar-refractivity contribution is 7.98. The van der Waals surface area contributed by atoms with Gasteiger partial charge in [0.05, 0.1) is 35.5 Å². The number of aliphatic hydroxyl groups excluding tert-OH is 2. The molecule has 2 unspecified atom stereocenters. The topological polar surface area (TPSA) is 88.0 Å². The molecule has 0 radical (unpaired) electrons. The van der Waals surface area contributed by atoms with Gasteiger partial charge in [-0.25, -0.2) is 0 Å². The van der Waals surface area contributed by atoms with Crippen LogP contribution in [0, 0.1) is 22.7 Å². The molecule has 0 fully saturated rings. The van der Waals surface area contributed by atoms with E-state index in [2.05, 4.69) is 12.1 Å². The summed E-state index contributed by atoms with van der Waals surface area (Å²) in [6.07, 6.45) is -1.54. The zero-order valence-corrected chi connectivity index (χ0v) is 15.8. The second-order valence-electron chi connectivity index (χ2n) is 5.78. The van der Waals surface area contributed by atoms with Crippen molar-refractivity contribution in [3.05, 3.63) is 70.8 Å². The lowest BCUT2D eigenvalue weighted by molar-refractivity contribution is 0.0500. The number of rotatable bonds is 9.